The van der Waals surface area contributed by atoms with E-state index in [0.29, 0.717) is 16.8 Å². The van der Waals surface area contributed by atoms with Crippen molar-refractivity contribution in [3.05, 3.63) is 60.1 Å². The van der Waals surface area contributed by atoms with Gasteiger partial charge in [0.25, 0.3) is 0 Å². The first-order valence-electron chi connectivity index (χ1n) is 6.09. The molecule has 0 aliphatic carbocycles. The van der Waals surface area contributed by atoms with Crippen molar-refractivity contribution in [2.45, 2.75) is 6.92 Å². The molecule has 4 heteroatoms. The van der Waals surface area contributed by atoms with Gasteiger partial charge in [-0.05, 0) is 42.3 Å². The number of hydrogen-bond donors (Lipinski definition) is 0. The second-order valence-electron chi connectivity index (χ2n) is 4.26. The van der Waals surface area contributed by atoms with Crippen LogP contribution in [0.3, 0.4) is 0 Å². The van der Waals surface area contributed by atoms with Gasteiger partial charge in [0.1, 0.15) is 5.82 Å². The molecule has 0 spiro atoms. The highest BCUT2D eigenvalue weighted by atomic mass is 19.1. The lowest BCUT2D eigenvalue weighted by atomic mass is 10.0. The van der Waals surface area contributed by atoms with Crippen molar-refractivity contribution >= 4 is 11.5 Å². The monoisotopic (exact) mass is 271 g/mol. The van der Waals surface area contributed by atoms with Crippen molar-refractivity contribution in [1.29, 1.82) is 0 Å². The molecule has 0 aliphatic rings. The lowest BCUT2D eigenvalue weighted by Gasteiger charge is -2.07. The summed E-state index contributed by atoms with van der Waals surface area (Å²) in [7, 11) is 1.32. The Kier molecular flexibility index (Phi) is 4.25. The summed E-state index contributed by atoms with van der Waals surface area (Å²) < 4.78 is 18.5. The molecule has 0 saturated carbocycles. The number of allylic oxidation sites excluding steroid dienone is 1. The van der Waals surface area contributed by atoms with Gasteiger partial charge in [-0.15, -0.1) is 0 Å². The molecule has 20 heavy (non-hydrogen) atoms. The SMILES string of the molecule is COC(=O)/C=C(\C)c1ccc(F)c(-c2ccccn2)c1. The third-order valence-electron chi connectivity index (χ3n) is 2.90. The molecule has 1 aromatic heterocycles. The van der Waals surface area contributed by atoms with Crippen LogP contribution in [0.1, 0.15) is 12.5 Å². The van der Waals surface area contributed by atoms with Crippen molar-refractivity contribution in [2.24, 2.45) is 0 Å². The van der Waals surface area contributed by atoms with Gasteiger partial charge in [-0.3, -0.25) is 4.98 Å². The molecule has 2 aromatic rings. The molecule has 0 bridgehead atoms. The number of aromatic nitrogens is 1. The van der Waals surface area contributed by atoms with E-state index in [2.05, 4.69) is 9.72 Å². The van der Waals surface area contributed by atoms with Crippen LogP contribution in [0, 0.1) is 5.82 Å². The topological polar surface area (TPSA) is 39.2 Å². The first-order chi connectivity index (χ1) is 9.61. The van der Waals surface area contributed by atoms with Gasteiger partial charge >= 0.3 is 5.97 Å². The molecule has 0 saturated heterocycles. The van der Waals surface area contributed by atoms with E-state index < -0.39 is 5.97 Å². The Labute approximate surface area is 116 Å². The van der Waals surface area contributed by atoms with Gasteiger partial charge < -0.3 is 4.74 Å². The maximum atomic E-state index is 13.9. The first kappa shape index (κ1) is 13.9. The Bertz CT molecular complexity index is 651. The average molecular weight is 271 g/mol. The number of esters is 1. The van der Waals surface area contributed by atoms with Crippen LogP contribution >= 0.6 is 0 Å². The van der Waals surface area contributed by atoms with E-state index in [1.165, 1.54) is 19.3 Å². The van der Waals surface area contributed by atoms with Crippen molar-refractivity contribution in [3.63, 3.8) is 0 Å². The van der Waals surface area contributed by atoms with E-state index in [4.69, 9.17) is 0 Å². The number of methoxy groups -OCH3 is 1. The minimum atomic E-state index is -0.439. The Morgan fingerprint density at radius 3 is 2.75 bits per heavy atom. The fourth-order valence-corrected chi connectivity index (χ4v) is 1.81. The molecule has 0 N–H and O–H groups in total. The number of carbonyl (C=O) groups excluding carboxylic acids is 1. The minimum absolute atomic E-state index is 0.349. The quantitative estimate of drug-likeness (QED) is 0.634. The Balaban J connectivity index is 2.44. The molecule has 0 fully saturated rings. The first-order valence-corrected chi connectivity index (χ1v) is 6.09. The zero-order chi connectivity index (χ0) is 14.5. The summed E-state index contributed by atoms with van der Waals surface area (Å²) >= 11 is 0. The van der Waals surface area contributed by atoms with Crippen LogP contribution in [0.25, 0.3) is 16.8 Å². The van der Waals surface area contributed by atoms with E-state index in [9.17, 15) is 9.18 Å². The van der Waals surface area contributed by atoms with Gasteiger partial charge in [0.05, 0.1) is 12.8 Å². The molecule has 0 amide bonds. The lowest BCUT2D eigenvalue weighted by Crippen LogP contribution is -1.96. The van der Waals surface area contributed by atoms with Crippen LogP contribution in [0.5, 0.6) is 0 Å². The van der Waals surface area contributed by atoms with Crippen LogP contribution in [0.15, 0.2) is 48.7 Å². The van der Waals surface area contributed by atoms with Gasteiger partial charge in [-0.1, -0.05) is 12.1 Å². The highest BCUT2D eigenvalue weighted by molar-refractivity contribution is 5.91. The predicted molar refractivity (Wildman–Crippen MR) is 75.3 cm³/mol. The number of pyridine rings is 1. The number of halogens is 1. The number of nitrogens with zero attached hydrogens (tertiary/aromatic N) is 1. The molecular formula is C16H14FNO2. The summed E-state index contributed by atoms with van der Waals surface area (Å²) in [5.41, 5.74) is 2.41. The standard InChI is InChI=1S/C16H14FNO2/c1-11(9-16(19)20-2)12-6-7-14(17)13(10-12)15-5-3-4-8-18-15/h3-10H,1-2H3/b11-9+. The third-order valence-corrected chi connectivity index (χ3v) is 2.90. The highest BCUT2D eigenvalue weighted by Gasteiger charge is 2.09. The summed E-state index contributed by atoms with van der Waals surface area (Å²) in [5, 5.41) is 0. The molecular weight excluding hydrogens is 257 g/mol. The summed E-state index contributed by atoms with van der Waals surface area (Å²) in [6, 6.07) is 9.97. The maximum absolute atomic E-state index is 13.9. The highest BCUT2D eigenvalue weighted by Crippen LogP contribution is 2.25. The van der Waals surface area contributed by atoms with E-state index in [0.717, 1.165) is 5.56 Å². The van der Waals surface area contributed by atoms with Gasteiger partial charge in [0.15, 0.2) is 0 Å². The predicted octanol–water partition coefficient (Wildman–Crippen LogP) is 3.46. The van der Waals surface area contributed by atoms with Gasteiger partial charge in [0.2, 0.25) is 0 Å². The van der Waals surface area contributed by atoms with Crippen molar-refractivity contribution < 1.29 is 13.9 Å². The summed E-state index contributed by atoms with van der Waals surface area (Å²) in [6.45, 7) is 1.77. The second-order valence-corrected chi connectivity index (χ2v) is 4.26. The normalized spacial score (nSPS) is 11.2. The maximum Gasteiger partial charge on any atom is 0.330 e. The van der Waals surface area contributed by atoms with Crippen molar-refractivity contribution in [3.8, 4) is 11.3 Å². The zero-order valence-corrected chi connectivity index (χ0v) is 11.3. The van der Waals surface area contributed by atoms with Crippen molar-refractivity contribution in [2.75, 3.05) is 7.11 Å². The Morgan fingerprint density at radius 1 is 1.30 bits per heavy atom. The number of ether oxygens (including phenoxy) is 1. The molecule has 1 aromatic carbocycles. The fraction of sp³-hybridized carbons (Fsp3) is 0.125. The van der Waals surface area contributed by atoms with Gasteiger partial charge in [0, 0.05) is 17.8 Å². The van der Waals surface area contributed by atoms with E-state index in [1.807, 2.05) is 0 Å². The number of rotatable bonds is 3. The van der Waals surface area contributed by atoms with E-state index in [-0.39, 0.29) is 5.82 Å². The molecule has 3 nitrogen and oxygen atoms in total. The average Bonchev–Trinajstić information content (AvgIpc) is 2.48. The lowest BCUT2D eigenvalue weighted by molar-refractivity contribution is -0.134. The molecule has 0 unspecified atom stereocenters. The minimum Gasteiger partial charge on any atom is -0.466 e. The summed E-state index contributed by atoms with van der Waals surface area (Å²) in [6.07, 6.45) is 2.98. The van der Waals surface area contributed by atoms with Crippen LogP contribution in [-0.2, 0) is 9.53 Å². The van der Waals surface area contributed by atoms with Crippen LogP contribution < -0.4 is 0 Å². The summed E-state index contributed by atoms with van der Waals surface area (Å²) in [5.74, 6) is -0.787. The number of hydrogen-bond acceptors (Lipinski definition) is 3. The largest absolute Gasteiger partial charge is 0.466 e. The molecule has 102 valence electrons. The molecule has 0 aliphatic heterocycles. The van der Waals surface area contributed by atoms with E-state index in [1.54, 1.807) is 43.5 Å². The fourth-order valence-electron chi connectivity index (χ4n) is 1.81. The Morgan fingerprint density at radius 2 is 2.10 bits per heavy atom. The molecule has 0 radical (unpaired) electrons. The van der Waals surface area contributed by atoms with Crippen molar-refractivity contribution in [1.82, 2.24) is 4.98 Å². The van der Waals surface area contributed by atoms with Crippen LogP contribution in [-0.4, -0.2) is 18.1 Å². The van der Waals surface area contributed by atoms with Crippen LogP contribution in [0.4, 0.5) is 4.39 Å². The molecule has 2 rings (SSSR count). The van der Waals surface area contributed by atoms with Gasteiger partial charge in [-0.2, -0.15) is 0 Å². The Hall–Kier alpha value is -2.49. The van der Waals surface area contributed by atoms with Gasteiger partial charge in [-0.25, -0.2) is 9.18 Å². The molecule has 1 heterocycles. The van der Waals surface area contributed by atoms with E-state index >= 15 is 0 Å². The number of benzene rings is 1. The summed E-state index contributed by atoms with van der Waals surface area (Å²) in [4.78, 5) is 15.4. The zero-order valence-electron chi connectivity index (χ0n) is 11.3. The molecule has 0 atom stereocenters. The second kappa shape index (κ2) is 6.10. The smallest absolute Gasteiger partial charge is 0.330 e. The van der Waals surface area contributed by atoms with Crippen LogP contribution in [0.2, 0.25) is 0 Å². The number of carbonyl (C=O) groups is 1. The third kappa shape index (κ3) is 3.09.